The van der Waals surface area contributed by atoms with Gasteiger partial charge in [0.25, 0.3) is 0 Å². The summed E-state index contributed by atoms with van der Waals surface area (Å²) in [6, 6.07) is 2.99. The maximum absolute atomic E-state index is 10.9. The van der Waals surface area contributed by atoms with Crippen molar-refractivity contribution in [2.75, 3.05) is 0 Å². The first-order valence-electron chi connectivity index (χ1n) is 4.37. The lowest BCUT2D eigenvalue weighted by Crippen LogP contribution is -2.03. The van der Waals surface area contributed by atoms with E-state index in [4.69, 9.17) is 5.26 Å². The molecule has 0 N–H and O–H groups in total. The van der Waals surface area contributed by atoms with Crippen molar-refractivity contribution in [3.05, 3.63) is 43.9 Å². The zero-order valence-electron chi connectivity index (χ0n) is 8.24. The number of rotatable bonds is 2. The molecule has 0 unspecified atom stereocenters. The largest absolute Gasteiger partial charge is 0.315 e. The first-order chi connectivity index (χ1) is 8.11. The van der Waals surface area contributed by atoms with Crippen molar-refractivity contribution in [1.82, 2.24) is 14.8 Å². The van der Waals surface area contributed by atoms with Crippen LogP contribution in [-0.2, 0) is 0 Å². The van der Waals surface area contributed by atoms with Crippen LogP contribution < -0.4 is 0 Å². The predicted octanol–water partition coefficient (Wildman–Crippen LogP) is 1.65. The monoisotopic (exact) mass is 341 g/mol. The molecule has 84 valence electrons. The molecule has 0 aliphatic rings. The van der Waals surface area contributed by atoms with Gasteiger partial charge in [0.15, 0.2) is 0 Å². The zero-order chi connectivity index (χ0) is 12.4. The van der Waals surface area contributed by atoms with Gasteiger partial charge in [0.1, 0.15) is 6.07 Å². The van der Waals surface area contributed by atoms with Crippen molar-refractivity contribution in [3.63, 3.8) is 0 Å². The first kappa shape index (κ1) is 11.5. The highest BCUT2D eigenvalue weighted by Crippen LogP contribution is 2.21. The molecule has 0 atom stereocenters. The zero-order valence-corrected chi connectivity index (χ0v) is 10.4. The third-order valence-corrected chi connectivity index (χ3v) is 2.50. The van der Waals surface area contributed by atoms with E-state index >= 15 is 0 Å². The van der Waals surface area contributed by atoms with Crippen molar-refractivity contribution >= 4 is 28.3 Å². The second-order valence-electron chi connectivity index (χ2n) is 3.04. The van der Waals surface area contributed by atoms with Gasteiger partial charge in [0.05, 0.1) is 20.3 Å². The number of hydrogen-bond donors (Lipinski definition) is 0. The summed E-state index contributed by atoms with van der Waals surface area (Å²) in [5, 5.41) is 23.5. The molecular weight excluding hydrogens is 337 g/mol. The Morgan fingerprint density at radius 1 is 1.53 bits per heavy atom. The molecule has 0 bridgehead atoms. The fourth-order valence-electron chi connectivity index (χ4n) is 1.23. The lowest BCUT2D eigenvalue weighted by Gasteiger charge is -2.01. The van der Waals surface area contributed by atoms with Crippen molar-refractivity contribution in [1.29, 1.82) is 5.26 Å². The van der Waals surface area contributed by atoms with Crippen LogP contribution in [0.4, 0.5) is 5.69 Å². The number of nitrogens with zero attached hydrogens (tertiary/aromatic N) is 5. The number of nitro groups is 1. The van der Waals surface area contributed by atoms with Gasteiger partial charge in [-0.25, -0.2) is 9.67 Å². The highest BCUT2D eigenvalue weighted by molar-refractivity contribution is 14.1. The minimum absolute atomic E-state index is 0.0944. The predicted molar refractivity (Wildman–Crippen MR) is 65.4 cm³/mol. The van der Waals surface area contributed by atoms with Crippen LogP contribution >= 0.6 is 22.6 Å². The molecule has 0 amide bonds. The molecule has 2 heterocycles. The van der Waals surface area contributed by atoms with E-state index in [1.807, 2.05) is 28.7 Å². The van der Waals surface area contributed by atoms with E-state index in [1.165, 1.54) is 16.9 Å². The lowest BCUT2D eigenvalue weighted by atomic mass is 10.3. The summed E-state index contributed by atoms with van der Waals surface area (Å²) in [4.78, 5) is 14.2. The van der Waals surface area contributed by atoms with E-state index < -0.39 is 4.92 Å². The lowest BCUT2D eigenvalue weighted by molar-refractivity contribution is -0.385. The Balaban J connectivity index is 2.62. The highest BCUT2D eigenvalue weighted by atomic mass is 127. The molecule has 0 fully saturated rings. The summed E-state index contributed by atoms with van der Waals surface area (Å²) in [6.45, 7) is 0. The van der Waals surface area contributed by atoms with E-state index in [0.717, 1.165) is 3.57 Å². The van der Waals surface area contributed by atoms with Crippen LogP contribution in [0.3, 0.4) is 0 Å². The van der Waals surface area contributed by atoms with Gasteiger partial charge in [-0.3, -0.25) is 10.1 Å². The molecule has 0 aliphatic heterocycles. The van der Waals surface area contributed by atoms with Gasteiger partial charge < -0.3 is 0 Å². The van der Waals surface area contributed by atoms with Crippen LogP contribution in [0.2, 0.25) is 0 Å². The van der Waals surface area contributed by atoms with Crippen LogP contribution in [0, 0.1) is 25.0 Å². The van der Waals surface area contributed by atoms with Gasteiger partial charge in [-0.15, -0.1) is 0 Å². The van der Waals surface area contributed by atoms with Gasteiger partial charge in [0, 0.05) is 18.5 Å². The average Bonchev–Trinajstić information content (AvgIpc) is 2.75. The SMILES string of the molecule is N#Cc1cnc(-n2cc(I)cn2)c([N+](=O)[O-])c1. The Labute approximate surface area is 109 Å². The Morgan fingerprint density at radius 3 is 2.82 bits per heavy atom. The average molecular weight is 341 g/mol. The minimum Gasteiger partial charge on any atom is -0.258 e. The van der Waals surface area contributed by atoms with Gasteiger partial charge >= 0.3 is 5.69 Å². The third-order valence-electron chi connectivity index (χ3n) is 1.94. The number of halogens is 1. The molecule has 0 radical (unpaired) electrons. The Bertz CT molecular complexity index is 631. The quantitative estimate of drug-likeness (QED) is 0.470. The standard InChI is InChI=1S/C9H4IN5O2/c10-7-4-13-14(5-7)9-8(15(16)17)1-6(2-11)3-12-9/h1,3-5H. The van der Waals surface area contributed by atoms with Gasteiger partial charge in [-0.05, 0) is 22.6 Å². The number of pyridine rings is 1. The second-order valence-corrected chi connectivity index (χ2v) is 4.28. The molecule has 17 heavy (non-hydrogen) atoms. The maximum atomic E-state index is 10.9. The van der Waals surface area contributed by atoms with E-state index in [1.54, 1.807) is 12.4 Å². The second kappa shape index (κ2) is 4.46. The van der Waals surface area contributed by atoms with Crippen molar-refractivity contribution in [2.45, 2.75) is 0 Å². The number of hydrogen-bond acceptors (Lipinski definition) is 5. The molecule has 2 aromatic heterocycles. The fraction of sp³-hybridized carbons (Fsp3) is 0. The van der Waals surface area contributed by atoms with E-state index in [0.29, 0.717) is 0 Å². The fourth-order valence-corrected chi connectivity index (χ4v) is 1.62. The Hall–Kier alpha value is -2.02. The van der Waals surface area contributed by atoms with Crippen molar-refractivity contribution in [2.24, 2.45) is 0 Å². The maximum Gasteiger partial charge on any atom is 0.315 e. The molecule has 2 aromatic rings. The van der Waals surface area contributed by atoms with Gasteiger partial charge in [-0.2, -0.15) is 10.4 Å². The number of aromatic nitrogens is 3. The first-order valence-corrected chi connectivity index (χ1v) is 5.45. The molecule has 0 aromatic carbocycles. The summed E-state index contributed by atoms with van der Waals surface area (Å²) in [5.41, 5.74) is -0.106. The van der Waals surface area contributed by atoms with E-state index in [2.05, 4.69) is 10.1 Å². The summed E-state index contributed by atoms with van der Waals surface area (Å²) in [6.07, 6.45) is 4.45. The van der Waals surface area contributed by atoms with Gasteiger partial charge in [0.2, 0.25) is 5.82 Å². The molecule has 0 saturated heterocycles. The van der Waals surface area contributed by atoms with Gasteiger partial charge in [-0.1, -0.05) is 0 Å². The molecule has 2 rings (SSSR count). The molecular formula is C9H4IN5O2. The van der Waals surface area contributed by atoms with Crippen molar-refractivity contribution in [3.8, 4) is 11.9 Å². The van der Waals surface area contributed by atoms with E-state index in [-0.39, 0.29) is 17.1 Å². The van der Waals surface area contributed by atoms with Crippen LogP contribution in [0.25, 0.3) is 5.82 Å². The summed E-state index contributed by atoms with van der Waals surface area (Å²) in [7, 11) is 0. The Morgan fingerprint density at radius 2 is 2.29 bits per heavy atom. The summed E-state index contributed by atoms with van der Waals surface area (Å²) < 4.78 is 2.14. The van der Waals surface area contributed by atoms with Crippen LogP contribution in [0.5, 0.6) is 0 Å². The summed E-state index contributed by atoms with van der Waals surface area (Å²) in [5.74, 6) is 0.0944. The van der Waals surface area contributed by atoms with E-state index in [9.17, 15) is 10.1 Å². The van der Waals surface area contributed by atoms with Crippen molar-refractivity contribution < 1.29 is 4.92 Å². The molecule has 0 saturated carbocycles. The van der Waals surface area contributed by atoms with Crippen LogP contribution in [-0.4, -0.2) is 19.7 Å². The normalized spacial score (nSPS) is 9.88. The topological polar surface area (TPSA) is 97.6 Å². The third kappa shape index (κ3) is 2.23. The molecule has 7 nitrogen and oxygen atoms in total. The van der Waals surface area contributed by atoms with Crippen LogP contribution in [0.15, 0.2) is 24.7 Å². The summed E-state index contributed by atoms with van der Waals surface area (Å²) >= 11 is 2.04. The minimum atomic E-state index is -0.586. The molecule has 8 heteroatoms. The number of nitriles is 1. The smallest absolute Gasteiger partial charge is 0.258 e. The Kier molecular flexibility index (Phi) is 3.01. The molecule has 0 spiro atoms. The van der Waals surface area contributed by atoms with Crippen LogP contribution in [0.1, 0.15) is 5.56 Å². The highest BCUT2D eigenvalue weighted by Gasteiger charge is 2.18. The molecule has 0 aliphatic carbocycles.